The Kier molecular flexibility index (Phi) is 2.27. The van der Waals surface area contributed by atoms with Crippen molar-refractivity contribution in [3.8, 4) is 6.07 Å². The van der Waals surface area contributed by atoms with E-state index in [1.54, 1.807) is 17.8 Å². The maximum Gasteiger partial charge on any atom is 0.277 e. The second-order valence-electron chi connectivity index (χ2n) is 2.47. The van der Waals surface area contributed by atoms with Gasteiger partial charge in [0.25, 0.3) is 5.56 Å². The molecular weight excluding hydrogens is 218 g/mol. The molecule has 0 aliphatic rings. The van der Waals surface area contributed by atoms with Crippen molar-refractivity contribution in [3.63, 3.8) is 0 Å². The van der Waals surface area contributed by atoms with Gasteiger partial charge in [-0.15, -0.1) is 23.1 Å². The largest absolute Gasteiger partial charge is 0.277 e. The molecule has 4 nitrogen and oxygen atoms in total. The first-order valence-electron chi connectivity index (χ1n) is 3.72. The lowest BCUT2D eigenvalue weighted by Gasteiger charge is -1.98. The number of thioether (sulfide) groups is 1. The van der Waals surface area contributed by atoms with Crippen molar-refractivity contribution in [2.24, 2.45) is 0 Å². The zero-order valence-electron chi connectivity index (χ0n) is 7.22. The fourth-order valence-electron chi connectivity index (χ4n) is 1.11. The first kappa shape index (κ1) is 9.24. The van der Waals surface area contributed by atoms with Gasteiger partial charge in [-0.25, -0.2) is 4.98 Å². The third kappa shape index (κ3) is 1.22. The van der Waals surface area contributed by atoms with Gasteiger partial charge in [-0.2, -0.15) is 5.26 Å². The Morgan fingerprint density at radius 1 is 1.71 bits per heavy atom. The highest BCUT2D eigenvalue weighted by Crippen LogP contribution is 2.17. The number of rotatable bonds is 1. The molecule has 2 heterocycles. The predicted molar refractivity (Wildman–Crippen MR) is 55.8 cm³/mol. The van der Waals surface area contributed by atoms with E-state index in [9.17, 15) is 4.79 Å². The van der Waals surface area contributed by atoms with Crippen LogP contribution in [-0.2, 0) is 0 Å². The van der Waals surface area contributed by atoms with Crippen molar-refractivity contribution >= 4 is 28.1 Å². The van der Waals surface area contributed by atoms with Gasteiger partial charge in [0, 0.05) is 11.6 Å². The fourth-order valence-corrected chi connectivity index (χ4v) is 2.38. The topological polar surface area (TPSA) is 58.2 Å². The number of nitrogens with zero attached hydrogens (tertiary/aromatic N) is 3. The van der Waals surface area contributed by atoms with Crippen LogP contribution in [0.3, 0.4) is 0 Å². The Bertz CT molecular complexity index is 578. The summed E-state index contributed by atoms with van der Waals surface area (Å²) in [5.41, 5.74) is -0.170. The maximum atomic E-state index is 11.7. The number of aromatic nitrogens is 2. The summed E-state index contributed by atoms with van der Waals surface area (Å²) in [5.74, 6) is 0. The van der Waals surface area contributed by atoms with Crippen LogP contribution < -0.4 is 5.56 Å². The Morgan fingerprint density at radius 3 is 3.14 bits per heavy atom. The highest BCUT2D eigenvalue weighted by Gasteiger charge is 2.11. The van der Waals surface area contributed by atoms with Crippen molar-refractivity contribution in [2.75, 3.05) is 6.26 Å². The summed E-state index contributed by atoms with van der Waals surface area (Å²) in [6, 6.07) is 1.88. The quantitative estimate of drug-likeness (QED) is 0.541. The Morgan fingerprint density at radius 2 is 2.50 bits per heavy atom. The normalized spacial score (nSPS) is 10.3. The minimum atomic E-state index is -0.289. The van der Waals surface area contributed by atoms with Crippen LogP contribution in [-0.4, -0.2) is 15.6 Å². The van der Waals surface area contributed by atoms with E-state index in [0.717, 1.165) is 0 Å². The summed E-state index contributed by atoms with van der Waals surface area (Å²) in [6.45, 7) is 0. The first-order chi connectivity index (χ1) is 6.77. The summed E-state index contributed by atoms with van der Waals surface area (Å²) in [5, 5.41) is 11.1. The Hall–Kier alpha value is -1.32. The van der Waals surface area contributed by atoms with Gasteiger partial charge in [-0.05, 0) is 6.26 Å². The van der Waals surface area contributed by atoms with Crippen molar-refractivity contribution < 1.29 is 0 Å². The molecule has 0 unspecified atom stereocenters. The van der Waals surface area contributed by atoms with Crippen molar-refractivity contribution in [2.45, 2.75) is 5.03 Å². The highest BCUT2D eigenvalue weighted by atomic mass is 32.2. The zero-order chi connectivity index (χ0) is 10.1. The van der Waals surface area contributed by atoms with Gasteiger partial charge < -0.3 is 0 Å². The number of thiazole rings is 1. The molecule has 0 bridgehead atoms. The molecule has 0 saturated carbocycles. The van der Waals surface area contributed by atoms with E-state index in [0.29, 0.717) is 9.99 Å². The van der Waals surface area contributed by atoms with E-state index < -0.39 is 0 Å². The molecule has 70 valence electrons. The minimum absolute atomic E-state index is 0.119. The average molecular weight is 223 g/mol. The van der Waals surface area contributed by atoms with Crippen LogP contribution in [0.5, 0.6) is 0 Å². The number of nitriles is 1. The molecule has 0 aliphatic carbocycles. The van der Waals surface area contributed by atoms with Crippen LogP contribution in [0.1, 0.15) is 5.56 Å². The summed E-state index contributed by atoms with van der Waals surface area (Å²) >= 11 is 2.69. The van der Waals surface area contributed by atoms with Crippen LogP contribution in [0.2, 0.25) is 0 Å². The molecule has 2 aromatic heterocycles. The summed E-state index contributed by atoms with van der Waals surface area (Å²) in [6.07, 6.45) is 3.42. The third-order valence-electron chi connectivity index (χ3n) is 1.74. The van der Waals surface area contributed by atoms with E-state index in [4.69, 9.17) is 5.26 Å². The maximum absolute atomic E-state index is 11.7. The summed E-state index contributed by atoms with van der Waals surface area (Å²) in [4.78, 5) is 16.5. The van der Waals surface area contributed by atoms with Crippen molar-refractivity contribution in [1.29, 1.82) is 5.26 Å². The standard InChI is InChI=1S/C8H5N3OS2/c1-13-6-5(4-9)7(12)11-2-3-14-8(11)10-6/h2-3H,1H3. The molecule has 2 rings (SSSR count). The van der Waals surface area contributed by atoms with E-state index in [2.05, 4.69) is 4.98 Å². The molecule has 6 heteroatoms. The fraction of sp³-hybridized carbons (Fsp3) is 0.125. The first-order valence-corrected chi connectivity index (χ1v) is 5.82. The van der Waals surface area contributed by atoms with Crippen LogP contribution in [0.4, 0.5) is 0 Å². The van der Waals surface area contributed by atoms with Crippen LogP contribution >= 0.6 is 23.1 Å². The average Bonchev–Trinajstić information content (AvgIpc) is 2.65. The third-order valence-corrected chi connectivity index (χ3v) is 3.18. The van der Waals surface area contributed by atoms with Crippen molar-refractivity contribution in [1.82, 2.24) is 9.38 Å². The molecule has 0 atom stereocenters. The molecular formula is C8H5N3OS2. The van der Waals surface area contributed by atoms with Crippen molar-refractivity contribution in [3.05, 3.63) is 27.5 Å². The number of hydrogen-bond donors (Lipinski definition) is 0. The molecule has 0 saturated heterocycles. The summed E-state index contributed by atoms with van der Waals surface area (Å²) < 4.78 is 1.39. The molecule has 0 aliphatic heterocycles. The lowest BCUT2D eigenvalue weighted by atomic mass is 10.4. The molecule has 2 aromatic rings. The van der Waals surface area contributed by atoms with E-state index >= 15 is 0 Å². The summed E-state index contributed by atoms with van der Waals surface area (Å²) in [7, 11) is 0. The van der Waals surface area contributed by atoms with Gasteiger partial charge in [0.15, 0.2) is 4.96 Å². The lowest BCUT2D eigenvalue weighted by Crippen LogP contribution is -2.17. The van der Waals surface area contributed by atoms with Crippen LogP contribution in [0.15, 0.2) is 21.4 Å². The molecule has 0 N–H and O–H groups in total. The highest BCUT2D eigenvalue weighted by molar-refractivity contribution is 7.98. The van der Waals surface area contributed by atoms with Gasteiger partial charge in [0.1, 0.15) is 16.7 Å². The second kappa shape index (κ2) is 3.44. The Labute approximate surface area is 87.8 Å². The molecule has 14 heavy (non-hydrogen) atoms. The van der Waals surface area contributed by atoms with Crippen LogP contribution in [0, 0.1) is 11.3 Å². The van der Waals surface area contributed by atoms with E-state index in [-0.39, 0.29) is 11.1 Å². The van der Waals surface area contributed by atoms with Crippen LogP contribution in [0.25, 0.3) is 4.96 Å². The van der Waals surface area contributed by atoms with Gasteiger partial charge in [-0.1, -0.05) is 0 Å². The SMILES string of the molecule is CSc1nc2sccn2c(=O)c1C#N. The predicted octanol–water partition coefficient (Wildman–Crippen LogP) is 1.35. The molecule has 0 amide bonds. The lowest BCUT2D eigenvalue weighted by molar-refractivity contribution is 0.994. The zero-order valence-corrected chi connectivity index (χ0v) is 8.85. The molecule has 0 radical (unpaired) electrons. The molecule has 0 spiro atoms. The molecule has 0 fully saturated rings. The van der Waals surface area contributed by atoms with Gasteiger partial charge in [0.05, 0.1) is 0 Å². The number of hydrogen-bond acceptors (Lipinski definition) is 5. The monoisotopic (exact) mass is 223 g/mol. The number of fused-ring (bicyclic) bond motifs is 1. The second-order valence-corrected chi connectivity index (χ2v) is 4.14. The van der Waals surface area contributed by atoms with Gasteiger partial charge >= 0.3 is 0 Å². The van der Waals surface area contributed by atoms with E-state index in [1.807, 2.05) is 6.07 Å². The minimum Gasteiger partial charge on any atom is -0.267 e. The van der Waals surface area contributed by atoms with Gasteiger partial charge in [-0.3, -0.25) is 9.20 Å². The van der Waals surface area contributed by atoms with E-state index in [1.165, 1.54) is 27.5 Å². The Balaban J connectivity index is 2.95. The van der Waals surface area contributed by atoms with Gasteiger partial charge in [0.2, 0.25) is 0 Å². The molecule has 0 aromatic carbocycles. The smallest absolute Gasteiger partial charge is 0.267 e.